The predicted octanol–water partition coefficient (Wildman–Crippen LogP) is 1.59. The van der Waals surface area contributed by atoms with E-state index in [2.05, 4.69) is 22.4 Å². The third-order valence-electron chi connectivity index (χ3n) is 5.17. The second kappa shape index (κ2) is 6.78. The van der Waals surface area contributed by atoms with E-state index >= 15 is 0 Å². The molecule has 6 heteroatoms. The Kier molecular flexibility index (Phi) is 4.32. The molecule has 26 heavy (non-hydrogen) atoms. The van der Waals surface area contributed by atoms with E-state index in [9.17, 15) is 9.59 Å². The Morgan fingerprint density at radius 2 is 1.88 bits per heavy atom. The quantitative estimate of drug-likeness (QED) is 0.908. The van der Waals surface area contributed by atoms with Crippen molar-refractivity contribution in [3.8, 4) is 5.88 Å². The molecule has 0 bridgehead atoms. The van der Waals surface area contributed by atoms with Gasteiger partial charge in [0.2, 0.25) is 11.8 Å². The van der Waals surface area contributed by atoms with Crippen LogP contribution in [0.25, 0.3) is 0 Å². The van der Waals surface area contributed by atoms with Gasteiger partial charge in [0.05, 0.1) is 13.2 Å². The van der Waals surface area contributed by atoms with E-state index in [1.165, 1.54) is 18.2 Å². The molecule has 2 heterocycles. The Hall–Kier alpha value is -2.89. The minimum Gasteiger partial charge on any atom is -0.480 e. The van der Waals surface area contributed by atoms with Gasteiger partial charge < -0.3 is 15.0 Å². The first-order valence-electron chi connectivity index (χ1n) is 8.82. The summed E-state index contributed by atoms with van der Waals surface area (Å²) in [6, 6.07) is 11.7. The van der Waals surface area contributed by atoms with Crippen molar-refractivity contribution in [2.45, 2.75) is 31.3 Å². The number of carbonyl (C=O) groups is 2. The van der Waals surface area contributed by atoms with Crippen LogP contribution in [0.4, 0.5) is 0 Å². The highest BCUT2D eigenvalue weighted by Gasteiger charge is 2.37. The summed E-state index contributed by atoms with van der Waals surface area (Å²) in [6.45, 7) is 0.547. The Morgan fingerprint density at radius 1 is 1.15 bits per heavy atom. The third-order valence-corrected chi connectivity index (χ3v) is 5.17. The molecule has 4 rings (SSSR count). The van der Waals surface area contributed by atoms with Crippen molar-refractivity contribution >= 4 is 11.8 Å². The molecule has 1 aromatic heterocycles. The molecule has 6 nitrogen and oxygen atoms in total. The van der Waals surface area contributed by atoms with E-state index in [0.717, 1.165) is 12.8 Å². The summed E-state index contributed by atoms with van der Waals surface area (Å²) in [5.74, 6) is 0.132. The average molecular weight is 351 g/mol. The summed E-state index contributed by atoms with van der Waals surface area (Å²) in [7, 11) is 1.48. The lowest BCUT2D eigenvalue weighted by Crippen LogP contribution is -2.41. The zero-order chi connectivity index (χ0) is 18.1. The lowest BCUT2D eigenvalue weighted by Gasteiger charge is -2.24. The van der Waals surface area contributed by atoms with Gasteiger partial charge >= 0.3 is 0 Å². The van der Waals surface area contributed by atoms with Gasteiger partial charge in [0, 0.05) is 25.2 Å². The number of hydrogen-bond donors (Lipinski definition) is 1. The molecular weight excluding hydrogens is 330 g/mol. The number of nitrogens with zero attached hydrogens (tertiary/aromatic N) is 2. The average Bonchev–Trinajstić information content (AvgIpc) is 3.24. The van der Waals surface area contributed by atoms with Crippen LogP contribution in [0.2, 0.25) is 0 Å². The van der Waals surface area contributed by atoms with Crippen molar-refractivity contribution in [2.24, 2.45) is 0 Å². The van der Waals surface area contributed by atoms with Gasteiger partial charge in [-0.05, 0) is 36.1 Å². The molecule has 2 amide bonds. The van der Waals surface area contributed by atoms with E-state index < -0.39 is 0 Å². The van der Waals surface area contributed by atoms with Crippen LogP contribution in [0, 0.1) is 0 Å². The second-order valence-corrected chi connectivity index (χ2v) is 6.81. The van der Waals surface area contributed by atoms with Gasteiger partial charge in [-0.1, -0.05) is 24.3 Å². The number of benzene rings is 1. The van der Waals surface area contributed by atoms with Crippen molar-refractivity contribution in [2.75, 3.05) is 13.7 Å². The summed E-state index contributed by atoms with van der Waals surface area (Å²) in [4.78, 5) is 31.0. The first kappa shape index (κ1) is 16.6. The minimum absolute atomic E-state index is 0.103. The number of fused-ring (bicyclic) bond motifs is 1. The summed E-state index contributed by atoms with van der Waals surface area (Å²) in [5, 5.41) is 2.95. The van der Waals surface area contributed by atoms with Gasteiger partial charge in [0.15, 0.2) is 0 Å². The molecule has 2 aromatic rings. The molecule has 0 saturated carbocycles. The molecular formula is C20H21N3O3. The van der Waals surface area contributed by atoms with Crippen LogP contribution in [0.15, 0.2) is 42.6 Å². The fraction of sp³-hybridized carbons (Fsp3) is 0.350. The number of amides is 2. The number of nitrogens with one attached hydrogen (secondary N) is 1. The van der Waals surface area contributed by atoms with Gasteiger partial charge in [-0.2, -0.15) is 0 Å². The van der Waals surface area contributed by atoms with Gasteiger partial charge in [0.1, 0.15) is 5.56 Å². The predicted molar refractivity (Wildman–Crippen MR) is 96.0 cm³/mol. The van der Waals surface area contributed by atoms with E-state index in [-0.39, 0.29) is 29.8 Å². The maximum Gasteiger partial charge on any atom is 0.257 e. The van der Waals surface area contributed by atoms with Crippen molar-refractivity contribution in [3.05, 3.63) is 59.3 Å². The fourth-order valence-corrected chi connectivity index (χ4v) is 3.93. The maximum atomic E-state index is 12.5. The van der Waals surface area contributed by atoms with Gasteiger partial charge in [-0.25, -0.2) is 4.98 Å². The number of carbonyl (C=O) groups excluding carboxylic acids is 2. The summed E-state index contributed by atoms with van der Waals surface area (Å²) < 4.78 is 5.14. The second-order valence-electron chi connectivity index (χ2n) is 6.81. The summed E-state index contributed by atoms with van der Waals surface area (Å²) >= 11 is 0. The highest BCUT2D eigenvalue weighted by molar-refractivity contribution is 5.97. The molecule has 2 aliphatic rings. The highest BCUT2D eigenvalue weighted by Crippen LogP contribution is 2.28. The topological polar surface area (TPSA) is 71.5 Å². The van der Waals surface area contributed by atoms with Crippen LogP contribution in [0.3, 0.4) is 0 Å². The molecule has 1 aliphatic carbocycles. The van der Waals surface area contributed by atoms with Crippen molar-refractivity contribution in [1.82, 2.24) is 15.2 Å². The molecule has 0 unspecified atom stereocenters. The molecule has 1 saturated heterocycles. The number of methoxy groups -OCH3 is 1. The molecule has 0 spiro atoms. The van der Waals surface area contributed by atoms with Crippen molar-refractivity contribution in [1.29, 1.82) is 0 Å². The van der Waals surface area contributed by atoms with E-state index in [1.54, 1.807) is 18.3 Å². The summed E-state index contributed by atoms with van der Waals surface area (Å²) in [6.07, 6.45) is 3.69. The van der Waals surface area contributed by atoms with Gasteiger partial charge in [0.25, 0.3) is 5.91 Å². The van der Waals surface area contributed by atoms with Crippen molar-refractivity contribution in [3.63, 3.8) is 0 Å². The zero-order valence-corrected chi connectivity index (χ0v) is 14.6. The molecule has 1 atom stereocenters. The Balaban J connectivity index is 1.42. The Labute approximate surface area is 152 Å². The number of likely N-dealkylation sites (tertiary alicyclic amines) is 1. The maximum absolute atomic E-state index is 12.5. The molecule has 134 valence electrons. The van der Waals surface area contributed by atoms with Crippen LogP contribution in [-0.4, -0.2) is 47.4 Å². The number of rotatable bonds is 4. The minimum atomic E-state index is -0.260. The normalized spacial score (nSPS) is 19.5. The molecule has 1 aliphatic heterocycles. The Morgan fingerprint density at radius 3 is 2.58 bits per heavy atom. The first-order chi connectivity index (χ1) is 12.7. The first-order valence-corrected chi connectivity index (χ1v) is 8.82. The van der Waals surface area contributed by atoms with Crippen LogP contribution >= 0.6 is 0 Å². The fourth-order valence-electron chi connectivity index (χ4n) is 3.93. The number of hydrogen-bond acceptors (Lipinski definition) is 4. The molecule has 1 N–H and O–H groups in total. The van der Waals surface area contributed by atoms with Crippen LogP contribution in [0.5, 0.6) is 5.88 Å². The monoisotopic (exact) mass is 351 g/mol. The number of aromatic nitrogens is 1. The number of ether oxygens (including phenoxy) is 1. The Bertz CT molecular complexity index is 827. The molecule has 1 fully saturated rings. The van der Waals surface area contributed by atoms with Gasteiger partial charge in [-0.3, -0.25) is 9.59 Å². The largest absolute Gasteiger partial charge is 0.480 e. The smallest absolute Gasteiger partial charge is 0.257 e. The third kappa shape index (κ3) is 3.03. The van der Waals surface area contributed by atoms with Crippen molar-refractivity contribution < 1.29 is 14.3 Å². The lowest BCUT2D eigenvalue weighted by molar-refractivity contribution is -0.129. The van der Waals surface area contributed by atoms with Crippen LogP contribution in [-0.2, 0) is 17.6 Å². The standard InChI is InChI=1S/C20H21N3O3/c1-26-20-17(7-4-8-21-20)19(25)22-15-11-18(24)23(12-15)16-9-13-5-2-3-6-14(13)10-16/h2-8,15-16H,9-12H2,1H3,(H,22,25)/t15-/m0/s1. The SMILES string of the molecule is COc1ncccc1C(=O)N[C@H]1CC(=O)N(C2Cc3ccccc3C2)C1. The summed E-state index contributed by atoms with van der Waals surface area (Å²) in [5.41, 5.74) is 3.02. The van der Waals surface area contributed by atoms with Gasteiger partial charge in [-0.15, -0.1) is 0 Å². The van der Waals surface area contributed by atoms with Crippen LogP contribution < -0.4 is 10.1 Å². The van der Waals surface area contributed by atoms with E-state index in [1.807, 2.05) is 17.0 Å². The molecule has 1 aromatic carbocycles. The zero-order valence-electron chi connectivity index (χ0n) is 14.6. The number of pyridine rings is 1. The highest BCUT2D eigenvalue weighted by atomic mass is 16.5. The lowest BCUT2D eigenvalue weighted by atomic mass is 10.1. The molecule has 0 radical (unpaired) electrons. The van der Waals surface area contributed by atoms with Crippen LogP contribution in [0.1, 0.15) is 27.9 Å². The van der Waals surface area contributed by atoms with E-state index in [0.29, 0.717) is 18.5 Å². The van der Waals surface area contributed by atoms with E-state index in [4.69, 9.17) is 4.74 Å².